The highest BCUT2D eigenvalue weighted by Crippen LogP contribution is 2.15. The smallest absolute Gasteiger partial charge is 0.136 e. The fourth-order valence-electron chi connectivity index (χ4n) is 1.00. The fraction of sp³-hybridized carbons (Fsp3) is 1.00. The summed E-state index contributed by atoms with van der Waals surface area (Å²) in [6.45, 7) is 6.20. The third kappa shape index (κ3) is 1.68. The summed E-state index contributed by atoms with van der Waals surface area (Å²) in [4.78, 5) is 0. The van der Waals surface area contributed by atoms with Gasteiger partial charge in [0.25, 0.3) is 0 Å². The maximum absolute atomic E-state index is 9.45. The maximum atomic E-state index is 9.45. The molecule has 0 amide bonds. The van der Waals surface area contributed by atoms with E-state index >= 15 is 0 Å². The van der Waals surface area contributed by atoms with Gasteiger partial charge in [-0.05, 0) is 20.8 Å². The van der Waals surface area contributed by atoms with Gasteiger partial charge in [0.15, 0.2) is 0 Å². The van der Waals surface area contributed by atoms with Crippen molar-refractivity contribution in [2.45, 2.75) is 38.6 Å². The minimum Gasteiger partial charge on any atom is -0.386 e. The van der Waals surface area contributed by atoms with E-state index in [9.17, 15) is 5.11 Å². The Labute approximate surface area is 61.4 Å². The van der Waals surface area contributed by atoms with Crippen LogP contribution in [0.4, 0.5) is 0 Å². The van der Waals surface area contributed by atoms with Crippen LogP contribution in [-0.4, -0.2) is 29.6 Å². The highest BCUT2D eigenvalue weighted by atomic mass is 16.5. The van der Waals surface area contributed by atoms with Crippen molar-refractivity contribution in [3.63, 3.8) is 0 Å². The molecule has 0 aromatic heterocycles. The first kappa shape index (κ1) is 7.98. The molecule has 2 N–H and O–H groups in total. The minimum absolute atomic E-state index is 0.206. The predicted molar refractivity (Wildman–Crippen MR) is 38.6 cm³/mol. The second-order valence-electron chi connectivity index (χ2n) is 3.43. The summed E-state index contributed by atoms with van der Waals surface area (Å²) in [7, 11) is 0. The Morgan fingerprint density at radius 1 is 1.60 bits per heavy atom. The topological polar surface area (TPSA) is 41.5 Å². The number of nitrogens with one attached hydrogen (secondary N) is 1. The molecule has 10 heavy (non-hydrogen) atoms. The summed E-state index contributed by atoms with van der Waals surface area (Å²) >= 11 is 0. The number of rotatable bonds is 1. The number of hydrogen-bond acceptors (Lipinski definition) is 3. The van der Waals surface area contributed by atoms with Crippen LogP contribution in [0, 0.1) is 0 Å². The summed E-state index contributed by atoms with van der Waals surface area (Å²) < 4.78 is 5.27. The molecule has 0 radical (unpaired) electrons. The van der Waals surface area contributed by atoms with Crippen LogP contribution in [0.1, 0.15) is 20.8 Å². The molecule has 2 atom stereocenters. The zero-order chi connectivity index (χ0) is 7.78. The van der Waals surface area contributed by atoms with Crippen LogP contribution in [0.2, 0.25) is 0 Å². The third-order valence-electron chi connectivity index (χ3n) is 1.59. The van der Waals surface area contributed by atoms with Crippen LogP contribution in [0.25, 0.3) is 0 Å². The molecular formula is C7H15NO2. The third-order valence-corrected chi connectivity index (χ3v) is 1.59. The van der Waals surface area contributed by atoms with E-state index in [2.05, 4.69) is 5.32 Å². The molecule has 0 aromatic rings. The van der Waals surface area contributed by atoms with Crippen molar-refractivity contribution < 1.29 is 9.84 Å². The SMILES string of the molecule is C[C@H]1CO[C@@H](C(C)(C)O)N1. The van der Waals surface area contributed by atoms with Gasteiger partial charge in [0.2, 0.25) is 0 Å². The van der Waals surface area contributed by atoms with Crippen LogP contribution in [0.3, 0.4) is 0 Å². The van der Waals surface area contributed by atoms with Gasteiger partial charge in [0.05, 0.1) is 12.2 Å². The Balaban J connectivity index is 2.45. The van der Waals surface area contributed by atoms with Gasteiger partial charge in [-0.25, -0.2) is 0 Å². The minimum atomic E-state index is -0.773. The number of ether oxygens (including phenoxy) is 1. The number of aliphatic hydroxyl groups is 1. The summed E-state index contributed by atoms with van der Waals surface area (Å²) in [6, 6.07) is 0.358. The summed E-state index contributed by atoms with van der Waals surface area (Å²) in [5.74, 6) is 0. The van der Waals surface area contributed by atoms with Crippen LogP contribution >= 0.6 is 0 Å². The highest BCUT2D eigenvalue weighted by molar-refractivity contribution is 4.83. The molecule has 0 spiro atoms. The van der Waals surface area contributed by atoms with Gasteiger partial charge >= 0.3 is 0 Å². The van der Waals surface area contributed by atoms with Crippen molar-refractivity contribution in [3.05, 3.63) is 0 Å². The Kier molecular flexibility index (Phi) is 1.99. The normalized spacial score (nSPS) is 34.8. The lowest BCUT2D eigenvalue weighted by atomic mass is 10.1. The van der Waals surface area contributed by atoms with E-state index in [1.165, 1.54) is 0 Å². The molecule has 60 valence electrons. The summed E-state index contributed by atoms with van der Waals surface area (Å²) in [5, 5.41) is 12.6. The average Bonchev–Trinajstić information content (AvgIpc) is 2.11. The van der Waals surface area contributed by atoms with Gasteiger partial charge in [-0.15, -0.1) is 0 Å². The van der Waals surface area contributed by atoms with E-state index in [-0.39, 0.29) is 6.23 Å². The lowest BCUT2D eigenvalue weighted by Crippen LogP contribution is -2.45. The lowest BCUT2D eigenvalue weighted by Gasteiger charge is -2.24. The molecular weight excluding hydrogens is 130 g/mol. The molecule has 1 rings (SSSR count). The molecule has 1 aliphatic heterocycles. The van der Waals surface area contributed by atoms with E-state index in [1.54, 1.807) is 13.8 Å². The molecule has 3 nitrogen and oxygen atoms in total. The van der Waals surface area contributed by atoms with Crippen LogP contribution in [0.5, 0.6) is 0 Å². The largest absolute Gasteiger partial charge is 0.386 e. The monoisotopic (exact) mass is 145 g/mol. The Bertz CT molecular complexity index is 119. The Hall–Kier alpha value is -0.120. The Morgan fingerprint density at radius 2 is 2.20 bits per heavy atom. The standard InChI is InChI=1S/C7H15NO2/c1-5-4-10-6(8-5)7(2,3)9/h5-6,8-9H,4H2,1-3H3/t5-,6-/m0/s1. The van der Waals surface area contributed by atoms with Gasteiger partial charge in [0, 0.05) is 6.04 Å². The van der Waals surface area contributed by atoms with E-state index in [4.69, 9.17) is 4.74 Å². The van der Waals surface area contributed by atoms with Gasteiger partial charge in [-0.3, -0.25) is 5.32 Å². The number of hydrogen-bond donors (Lipinski definition) is 2. The van der Waals surface area contributed by atoms with Gasteiger partial charge in [-0.2, -0.15) is 0 Å². The van der Waals surface area contributed by atoms with Gasteiger partial charge in [-0.1, -0.05) is 0 Å². The fourth-order valence-corrected chi connectivity index (χ4v) is 1.00. The molecule has 1 aliphatic rings. The molecule has 1 heterocycles. The summed E-state index contributed by atoms with van der Waals surface area (Å²) in [5.41, 5.74) is -0.773. The molecule has 0 aliphatic carbocycles. The molecule has 1 saturated heterocycles. The molecule has 0 unspecified atom stereocenters. The quantitative estimate of drug-likeness (QED) is 0.549. The zero-order valence-corrected chi connectivity index (χ0v) is 6.72. The van der Waals surface area contributed by atoms with E-state index < -0.39 is 5.60 Å². The van der Waals surface area contributed by atoms with Crippen molar-refractivity contribution >= 4 is 0 Å². The van der Waals surface area contributed by atoms with Crippen LogP contribution < -0.4 is 5.32 Å². The molecule has 3 heteroatoms. The van der Waals surface area contributed by atoms with Crippen molar-refractivity contribution in [2.24, 2.45) is 0 Å². The zero-order valence-electron chi connectivity index (χ0n) is 6.72. The first-order chi connectivity index (χ1) is 4.50. The summed E-state index contributed by atoms with van der Waals surface area (Å²) in [6.07, 6.45) is -0.206. The van der Waals surface area contributed by atoms with Crippen molar-refractivity contribution in [1.29, 1.82) is 0 Å². The molecule has 0 saturated carbocycles. The van der Waals surface area contributed by atoms with E-state index in [1.807, 2.05) is 6.92 Å². The van der Waals surface area contributed by atoms with Crippen molar-refractivity contribution in [1.82, 2.24) is 5.32 Å². The van der Waals surface area contributed by atoms with Gasteiger partial charge < -0.3 is 9.84 Å². The van der Waals surface area contributed by atoms with E-state index in [0.717, 1.165) is 0 Å². The molecule has 1 fully saturated rings. The first-order valence-electron chi connectivity index (χ1n) is 3.60. The van der Waals surface area contributed by atoms with Crippen LogP contribution in [-0.2, 0) is 4.74 Å². The second-order valence-corrected chi connectivity index (χ2v) is 3.43. The first-order valence-corrected chi connectivity index (χ1v) is 3.60. The average molecular weight is 145 g/mol. The van der Waals surface area contributed by atoms with Crippen LogP contribution in [0.15, 0.2) is 0 Å². The van der Waals surface area contributed by atoms with E-state index in [0.29, 0.717) is 12.6 Å². The Morgan fingerprint density at radius 3 is 2.40 bits per heavy atom. The second kappa shape index (κ2) is 2.49. The molecule has 0 aromatic carbocycles. The highest BCUT2D eigenvalue weighted by Gasteiger charge is 2.33. The molecule has 0 bridgehead atoms. The maximum Gasteiger partial charge on any atom is 0.136 e. The van der Waals surface area contributed by atoms with Crippen molar-refractivity contribution in [2.75, 3.05) is 6.61 Å². The predicted octanol–water partition coefficient (Wildman–Crippen LogP) is 0.0917. The van der Waals surface area contributed by atoms with Crippen molar-refractivity contribution in [3.8, 4) is 0 Å². The lowest BCUT2D eigenvalue weighted by molar-refractivity contribution is -0.0688. The van der Waals surface area contributed by atoms with Gasteiger partial charge in [0.1, 0.15) is 6.23 Å².